The van der Waals surface area contributed by atoms with Gasteiger partial charge in [0.05, 0.1) is 6.67 Å². The van der Waals surface area contributed by atoms with E-state index in [-0.39, 0.29) is 0 Å². The zero-order valence-corrected chi connectivity index (χ0v) is 29.3. The second-order valence-electron chi connectivity index (χ2n) is 14.7. The first-order valence-electron chi connectivity index (χ1n) is 18.6. The summed E-state index contributed by atoms with van der Waals surface area (Å²) >= 11 is 0. The Hall–Kier alpha value is -6.64. The standard InChI is InChI=1S/C51H36N2/c1-5-36-6-2-34(1)35-3-7-37(8-4-35)39-11-15-41(16-12-39)43-19-23-45(24-20-43)47-26-28-51-49(30-47)32-53-33-52(51)31-48-29-46(25-27-50(48)53)44-21-17-42(18-22-44)40-13-9-38(36)10-14-40/h1-30H,31-33H2. The Bertz CT molecular complexity index is 2450. The molecule has 20 bridgehead atoms. The highest BCUT2D eigenvalue weighted by atomic mass is 15.4. The average molecular weight is 677 g/mol. The monoisotopic (exact) mass is 676 g/mol. The number of rotatable bonds is 0. The zero-order valence-electron chi connectivity index (χ0n) is 29.3. The fourth-order valence-electron chi connectivity index (χ4n) is 8.57. The highest BCUT2D eigenvalue weighted by Crippen LogP contribution is 2.41. The molecule has 0 N–H and O–H groups in total. The van der Waals surface area contributed by atoms with Gasteiger partial charge in [-0.15, -0.1) is 0 Å². The van der Waals surface area contributed by atoms with Gasteiger partial charge in [-0.05, 0) is 113 Å². The summed E-state index contributed by atoms with van der Waals surface area (Å²) in [5, 5.41) is 0. The van der Waals surface area contributed by atoms with Gasteiger partial charge in [-0.25, -0.2) is 0 Å². The van der Waals surface area contributed by atoms with E-state index in [4.69, 9.17) is 0 Å². The molecule has 0 saturated carbocycles. The summed E-state index contributed by atoms with van der Waals surface area (Å²) in [6.07, 6.45) is 0. The first-order valence-corrected chi connectivity index (χ1v) is 18.6. The summed E-state index contributed by atoms with van der Waals surface area (Å²) < 4.78 is 0. The van der Waals surface area contributed by atoms with Gasteiger partial charge in [0.1, 0.15) is 0 Å². The second-order valence-corrected chi connectivity index (χ2v) is 14.7. The summed E-state index contributed by atoms with van der Waals surface area (Å²) in [5.41, 5.74) is 22.8. The molecule has 26 heterocycles. The molecule has 250 valence electrons. The minimum atomic E-state index is 0.915. The quantitative estimate of drug-likeness (QED) is 0.158. The van der Waals surface area contributed by atoms with E-state index in [0.717, 1.165) is 19.8 Å². The van der Waals surface area contributed by atoms with E-state index < -0.39 is 0 Å². The van der Waals surface area contributed by atoms with Gasteiger partial charge in [-0.2, -0.15) is 0 Å². The van der Waals surface area contributed by atoms with Crippen molar-refractivity contribution in [2.24, 2.45) is 0 Å². The van der Waals surface area contributed by atoms with E-state index >= 15 is 0 Å². The van der Waals surface area contributed by atoms with Gasteiger partial charge in [0.15, 0.2) is 0 Å². The molecule has 2 heteroatoms. The van der Waals surface area contributed by atoms with Crippen molar-refractivity contribution in [1.82, 2.24) is 0 Å². The molecule has 0 atom stereocenters. The van der Waals surface area contributed by atoms with Crippen molar-refractivity contribution in [2.45, 2.75) is 13.1 Å². The lowest BCUT2D eigenvalue weighted by Gasteiger charge is -2.45. The maximum atomic E-state index is 2.53. The molecule has 0 aliphatic carbocycles. The van der Waals surface area contributed by atoms with E-state index in [1.54, 1.807) is 0 Å². The van der Waals surface area contributed by atoms with E-state index in [2.05, 4.69) is 192 Å². The minimum Gasteiger partial charge on any atom is -0.349 e. The summed E-state index contributed by atoms with van der Waals surface area (Å²) in [6, 6.07) is 67.9. The molecular weight excluding hydrogens is 641 g/mol. The summed E-state index contributed by atoms with van der Waals surface area (Å²) in [4.78, 5) is 5.06. The summed E-state index contributed by atoms with van der Waals surface area (Å²) in [7, 11) is 0. The van der Waals surface area contributed by atoms with Crippen molar-refractivity contribution in [3.63, 3.8) is 0 Å². The van der Waals surface area contributed by atoms with Crippen LogP contribution >= 0.6 is 0 Å². The lowest BCUT2D eigenvalue weighted by atomic mass is 9.94. The number of nitrogens with zero attached hydrogens (tertiary/aromatic N) is 2. The maximum absolute atomic E-state index is 2.53. The minimum absolute atomic E-state index is 0.915. The fraction of sp³-hybridized carbons (Fsp3) is 0.0588. The molecule has 0 aromatic heterocycles. The largest absolute Gasteiger partial charge is 0.349 e. The van der Waals surface area contributed by atoms with Crippen LogP contribution in [0.15, 0.2) is 182 Å². The maximum Gasteiger partial charge on any atom is 0.0910 e. The van der Waals surface area contributed by atoms with E-state index in [9.17, 15) is 0 Å². The lowest BCUT2D eigenvalue weighted by molar-refractivity contribution is 0.651. The third-order valence-electron chi connectivity index (χ3n) is 11.5. The predicted molar refractivity (Wildman–Crippen MR) is 222 cm³/mol. The smallest absolute Gasteiger partial charge is 0.0910 e. The van der Waals surface area contributed by atoms with Crippen molar-refractivity contribution < 1.29 is 0 Å². The van der Waals surface area contributed by atoms with Crippen LogP contribution in [-0.2, 0) is 13.1 Å². The lowest BCUT2D eigenvalue weighted by Crippen LogP contribution is -2.46. The van der Waals surface area contributed by atoms with E-state index in [1.165, 1.54) is 100 Å². The summed E-state index contributed by atoms with van der Waals surface area (Å²) in [5.74, 6) is 0. The SMILES string of the molecule is c1cc2ccc1-c1ccc(cc1)-c1ccc(cc1)-c1ccc(cc1)-c1ccc3c(c1)CN1CN3Cc3cc(ccc31)-c1ccc(cc1)-c1ccc-2cc1. The number of anilines is 2. The van der Waals surface area contributed by atoms with E-state index in [1.807, 2.05) is 0 Å². The van der Waals surface area contributed by atoms with Crippen LogP contribution in [0.5, 0.6) is 0 Å². The molecule has 8 aromatic rings. The summed E-state index contributed by atoms with van der Waals surface area (Å²) in [6.45, 7) is 2.76. The molecule has 0 saturated heterocycles. The Morgan fingerprint density at radius 1 is 0.226 bits per heavy atom. The van der Waals surface area contributed by atoms with Gasteiger partial charge in [-0.1, -0.05) is 158 Å². The molecule has 0 unspecified atom stereocenters. The van der Waals surface area contributed by atoms with Crippen LogP contribution in [0.2, 0.25) is 0 Å². The molecule has 8 aromatic carbocycles. The predicted octanol–water partition coefficient (Wildman–Crippen LogP) is 13.0. The van der Waals surface area contributed by atoms with E-state index in [0.29, 0.717) is 0 Å². The normalized spacial score (nSPS) is 13.4. The van der Waals surface area contributed by atoms with Crippen LogP contribution in [0.3, 0.4) is 0 Å². The molecule has 0 spiro atoms. The van der Waals surface area contributed by atoms with Crippen LogP contribution in [-0.4, -0.2) is 6.67 Å². The molecular formula is C51H36N2. The topological polar surface area (TPSA) is 6.48 Å². The highest BCUT2D eigenvalue weighted by Gasteiger charge is 2.29. The van der Waals surface area contributed by atoms with Crippen molar-refractivity contribution >= 4 is 11.4 Å². The van der Waals surface area contributed by atoms with Crippen LogP contribution in [0.1, 0.15) is 11.1 Å². The third-order valence-corrected chi connectivity index (χ3v) is 11.5. The average Bonchev–Trinajstić information content (AvgIpc) is 3.23. The van der Waals surface area contributed by atoms with Crippen LogP contribution in [0.4, 0.5) is 11.4 Å². The Morgan fingerprint density at radius 3 is 0.642 bits per heavy atom. The van der Waals surface area contributed by atoms with Crippen LogP contribution in [0.25, 0.3) is 77.9 Å². The van der Waals surface area contributed by atoms with Gasteiger partial charge in [0.2, 0.25) is 0 Å². The molecule has 26 aliphatic rings. The number of hydrogen-bond acceptors (Lipinski definition) is 2. The molecule has 0 radical (unpaired) electrons. The van der Waals surface area contributed by atoms with Crippen molar-refractivity contribution in [2.75, 3.05) is 16.5 Å². The third kappa shape index (κ3) is 5.26. The zero-order chi connectivity index (χ0) is 34.9. The van der Waals surface area contributed by atoms with Gasteiger partial charge < -0.3 is 9.80 Å². The Morgan fingerprint density at radius 2 is 0.415 bits per heavy atom. The molecule has 26 aliphatic heterocycles. The van der Waals surface area contributed by atoms with Crippen LogP contribution in [0, 0.1) is 0 Å². The van der Waals surface area contributed by atoms with Gasteiger partial charge in [0, 0.05) is 24.5 Å². The molecule has 0 fully saturated rings. The second kappa shape index (κ2) is 12.0. The van der Waals surface area contributed by atoms with Crippen LogP contribution < -0.4 is 9.80 Å². The Kier molecular flexibility index (Phi) is 6.78. The number of hydrogen-bond donors (Lipinski definition) is 0. The molecule has 2 nitrogen and oxygen atoms in total. The van der Waals surface area contributed by atoms with Gasteiger partial charge >= 0.3 is 0 Å². The first kappa shape index (κ1) is 30.0. The Balaban J connectivity index is 0.976. The first-order chi connectivity index (χ1) is 26.2. The molecule has 34 rings (SSSR count). The molecule has 53 heavy (non-hydrogen) atoms. The Labute approximate surface area is 310 Å². The molecule has 0 amide bonds. The van der Waals surface area contributed by atoms with Crippen molar-refractivity contribution in [3.8, 4) is 77.9 Å². The van der Waals surface area contributed by atoms with Gasteiger partial charge in [-0.3, -0.25) is 0 Å². The fourth-order valence-corrected chi connectivity index (χ4v) is 8.57. The van der Waals surface area contributed by atoms with Gasteiger partial charge in [0.25, 0.3) is 0 Å². The van der Waals surface area contributed by atoms with Crippen molar-refractivity contribution in [3.05, 3.63) is 193 Å². The highest BCUT2D eigenvalue weighted by molar-refractivity contribution is 5.80. The number of benzene rings is 8. The van der Waals surface area contributed by atoms with Crippen molar-refractivity contribution in [1.29, 1.82) is 0 Å².